The summed E-state index contributed by atoms with van der Waals surface area (Å²) in [5.41, 5.74) is -0.279. The van der Waals surface area contributed by atoms with Crippen LogP contribution in [0, 0.1) is 18.6 Å². The lowest BCUT2D eigenvalue weighted by molar-refractivity contribution is -0.178. The van der Waals surface area contributed by atoms with Crippen molar-refractivity contribution in [1.29, 1.82) is 0 Å². The Morgan fingerprint density at radius 2 is 2.00 bits per heavy atom. The Bertz CT molecular complexity index is 752. The highest BCUT2D eigenvalue weighted by atomic mass is 32.1. The molecule has 5 atom stereocenters. The van der Waals surface area contributed by atoms with E-state index >= 15 is 0 Å². The van der Waals surface area contributed by atoms with Gasteiger partial charge in [-0.05, 0) is 24.6 Å². The summed E-state index contributed by atoms with van der Waals surface area (Å²) in [5, 5.41) is 37.6. The number of benzene rings is 1. The molecule has 2 aromatic rings. The maximum Gasteiger partial charge on any atom is 0.161 e. The predicted molar refractivity (Wildman–Crippen MR) is 85.9 cm³/mol. The lowest BCUT2D eigenvalue weighted by Crippen LogP contribution is -2.54. The Morgan fingerprint density at radius 3 is 2.64 bits per heavy atom. The molecule has 0 saturated carbocycles. The minimum absolute atomic E-state index is 0.117. The largest absolute Gasteiger partial charge is 0.394 e. The Balaban J connectivity index is 1.95. The first-order chi connectivity index (χ1) is 11.8. The molecule has 136 valence electrons. The minimum atomic E-state index is -1.26. The van der Waals surface area contributed by atoms with Crippen LogP contribution in [0.1, 0.15) is 11.6 Å². The quantitative estimate of drug-likeness (QED) is 0.583. The van der Waals surface area contributed by atoms with Crippen molar-refractivity contribution in [2.75, 3.05) is 6.61 Å². The smallest absolute Gasteiger partial charge is 0.161 e. The third-order valence-electron chi connectivity index (χ3n) is 4.19. The fraction of sp³-hybridized carbons (Fsp3) is 0.467. The molecule has 1 fully saturated rings. The Hall–Kier alpha value is -1.59. The van der Waals surface area contributed by atoms with E-state index in [0.717, 1.165) is 6.07 Å². The molecule has 7 nitrogen and oxygen atoms in total. The van der Waals surface area contributed by atoms with Crippen LogP contribution < -0.4 is 0 Å². The van der Waals surface area contributed by atoms with Gasteiger partial charge in [-0.25, -0.2) is 13.5 Å². The number of halogens is 2. The molecule has 3 N–H and O–H groups in total. The van der Waals surface area contributed by atoms with E-state index in [-0.39, 0.29) is 11.3 Å². The molecular weight excluding hydrogens is 356 g/mol. The van der Waals surface area contributed by atoms with Crippen molar-refractivity contribution < 1.29 is 28.8 Å². The third kappa shape index (κ3) is 3.27. The number of aliphatic hydroxyl groups is 3. The van der Waals surface area contributed by atoms with Crippen molar-refractivity contribution >= 4 is 12.6 Å². The van der Waals surface area contributed by atoms with Gasteiger partial charge in [0.2, 0.25) is 0 Å². The first-order valence-corrected chi connectivity index (χ1v) is 8.03. The molecule has 25 heavy (non-hydrogen) atoms. The van der Waals surface area contributed by atoms with Crippen LogP contribution in [0.5, 0.6) is 0 Å². The maximum absolute atomic E-state index is 13.6. The molecule has 0 amide bonds. The number of hydrogen-bond donors (Lipinski definition) is 4. The maximum atomic E-state index is 13.6. The summed E-state index contributed by atoms with van der Waals surface area (Å²) < 4.78 is 33.4. The zero-order chi connectivity index (χ0) is 18.3. The van der Waals surface area contributed by atoms with Crippen molar-refractivity contribution in [2.24, 2.45) is 0 Å². The molecule has 0 aliphatic carbocycles. The van der Waals surface area contributed by atoms with Gasteiger partial charge in [-0.15, -0.1) is 17.7 Å². The van der Waals surface area contributed by atoms with Gasteiger partial charge >= 0.3 is 0 Å². The van der Waals surface area contributed by atoms with Crippen LogP contribution in [0.25, 0.3) is 11.3 Å². The van der Waals surface area contributed by atoms with Crippen molar-refractivity contribution in [3.63, 3.8) is 0 Å². The highest BCUT2D eigenvalue weighted by Crippen LogP contribution is 2.32. The van der Waals surface area contributed by atoms with Crippen molar-refractivity contribution in [2.45, 2.75) is 36.7 Å². The van der Waals surface area contributed by atoms with Gasteiger partial charge in [-0.3, -0.25) is 0 Å². The van der Waals surface area contributed by atoms with E-state index in [2.05, 4.69) is 22.9 Å². The summed E-state index contributed by atoms with van der Waals surface area (Å²) in [4.78, 5) is 0. The summed E-state index contributed by atoms with van der Waals surface area (Å²) in [6, 6.07) is 1.44. The molecule has 1 aromatic carbocycles. The summed E-state index contributed by atoms with van der Waals surface area (Å²) in [6.07, 6.45) is -2.04. The predicted octanol–water partition coefficient (Wildman–Crippen LogP) is 0.442. The van der Waals surface area contributed by atoms with Gasteiger partial charge in [0.1, 0.15) is 35.5 Å². The van der Waals surface area contributed by atoms with E-state index in [1.54, 1.807) is 0 Å². The highest BCUT2D eigenvalue weighted by Gasteiger charge is 2.44. The standard InChI is InChI=1S/C15H17F2N3O4S/c1-6-2-7(3-8(16)11(6)17)9-4-20(19-18-9)12-13(22)10(5-21)24-15(25)14(12)23/h2-4,10,12-15,21-23,25H,5H2,1H3/t10?,12-,13-,14?,15+/m0/s1. The molecular formula is C15H17F2N3O4S. The number of aliphatic hydroxyl groups excluding tert-OH is 3. The normalized spacial score (nSPS) is 29.8. The summed E-state index contributed by atoms with van der Waals surface area (Å²) in [7, 11) is 0. The number of rotatable bonds is 3. The minimum Gasteiger partial charge on any atom is -0.394 e. The van der Waals surface area contributed by atoms with Gasteiger partial charge in [-0.1, -0.05) is 5.21 Å². The van der Waals surface area contributed by atoms with Crippen LogP contribution in [0.2, 0.25) is 0 Å². The third-order valence-corrected chi connectivity index (χ3v) is 4.62. The number of aryl methyl sites for hydroxylation is 1. The molecule has 0 radical (unpaired) electrons. The Kier molecular flexibility index (Phi) is 5.07. The van der Waals surface area contributed by atoms with Gasteiger partial charge in [-0.2, -0.15) is 0 Å². The second-order valence-electron chi connectivity index (χ2n) is 5.89. The molecule has 1 aliphatic rings. The van der Waals surface area contributed by atoms with Crippen LogP contribution in [-0.2, 0) is 4.74 Å². The number of ether oxygens (including phenoxy) is 1. The Morgan fingerprint density at radius 1 is 1.28 bits per heavy atom. The summed E-state index contributed by atoms with van der Waals surface area (Å²) in [5.74, 6) is -1.94. The first-order valence-electron chi connectivity index (χ1n) is 7.52. The fourth-order valence-electron chi connectivity index (χ4n) is 2.82. The fourth-order valence-corrected chi connectivity index (χ4v) is 3.16. The van der Waals surface area contributed by atoms with E-state index in [0.29, 0.717) is 5.56 Å². The second kappa shape index (κ2) is 6.96. The molecule has 3 rings (SSSR count). The molecule has 0 bridgehead atoms. The van der Waals surface area contributed by atoms with Crippen molar-refractivity contribution in [3.8, 4) is 11.3 Å². The van der Waals surface area contributed by atoms with E-state index in [1.807, 2.05) is 0 Å². The lowest BCUT2D eigenvalue weighted by atomic mass is 9.97. The number of nitrogens with zero attached hydrogens (tertiary/aromatic N) is 3. The lowest BCUT2D eigenvalue weighted by Gasteiger charge is -2.40. The van der Waals surface area contributed by atoms with E-state index in [4.69, 9.17) is 4.74 Å². The van der Waals surface area contributed by atoms with E-state index in [1.165, 1.54) is 23.9 Å². The molecule has 2 unspecified atom stereocenters. The van der Waals surface area contributed by atoms with Crippen LogP contribution in [0.4, 0.5) is 8.78 Å². The van der Waals surface area contributed by atoms with Crippen LogP contribution >= 0.6 is 12.6 Å². The average Bonchev–Trinajstić information content (AvgIpc) is 3.05. The first kappa shape index (κ1) is 18.2. The second-order valence-corrected chi connectivity index (χ2v) is 6.40. The monoisotopic (exact) mass is 373 g/mol. The topological polar surface area (TPSA) is 101 Å². The summed E-state index contributed by atoms with van der Waals surface area (Å²) >= 11 is 4.09. The average molecular weight is 373 g/mol. The SMILES string of the molecule is Cc1cc(-c2cn([C@@H]3C(O)[C@@H](S)OC(CO)[C@@H]3O)nn2)cc(F)c1F. The van der Waals surface area contributed by atoms with Gasteiger partial charge in [0.25, 0.3) is 0 Å². The molecule has 2 heterocycles. The molecule has 1 aliphatic heterocycles. The number of hydrogen-bond acceptors (Lipinski definition) is 7. The molecule has 10 heteroatoms. The van der Waals surface area contributed by atoms with Gasteiger partial charge in [0.05, 0.1) is 12.8 Å². The van der Waals surface area contributed by atoms with Crippen LogP contribution in [-0.4, -0.2) is 60.7 Å². The zero-order valence-corrected chi connectivity index (χ0v) is 14.0. The van der Waals surface area contributed by atoms with Crippen molar-refractivity contribution in [1.82, 2.24) is 15.0 Å². The highest BCUT2D eigenvalue weighted by molar-refractivity contribution is 7.80. The zero-order valence-electron chi connectivity index (χ0n) is 13.1. The molecule has 1 saturated heterocycles. The van der Waals surface area contributed by atoms with Gasteiger partial charge < -0.3 is 20.1 Å². The Labute approximate surface area is 147 Å². The van der Waals surface area contributed by atoms with Crippen LogP contribution in [0.15, 0.2) is 18.3 Å². The summed E-state index contributed by atoms with van der Waals surface area (Å²) in [6.45, 7) is 0.959. The van der Waals surface area contributed by atoms with Gasteiger partial charge in [0, 0.05) is 5.56 Å². The van der Waals surface area contributed by atoms with E-state index in [9.17, 15) is 24.1 Å². The number of aromatic nitrogens is 3. The molecule has 1 aromatic heterocycles. The van der Waals surface area contributed by atoms with Crippen LogP contribution in [0.3, 0.4) is 0 Å². The van der Waals surface area contributed by atoms with E-state index < -0.39 is 48.0 Å². The van der Waals surface area contributed by atoms with Gasteiger partial charge in [0.15, 0.2) is 11.6 Å². The number of thiol groups is 1. The van der Waals surface area contributed by atoms with Crippen molar-refractivity contribution in [3.05, 3.63) is 35.5 Å². The molecule has 0 spiro atoms.